The number of nitrogens with one attached hydrogen (secondary N) is 4. The number of likely N-dealkylation sites (N-methyl/N-ethyl adjacent to an activating group) is 1. The van der Waals surface area contributed by atoms with Gasteiger partial charge >= 0.3 is 11.9 Å². The summed E-state index contributed by atoms with van der Waals surface area (Å²) in [5.41, 5.74) is 9.91. The Morgan fingerprint density at radius 3 is 2.57 bits per heavy atom. The minimum atomic E-state index is -1.40. The van der Waals surface area contributed by atoms with E-state index in [9.17, 15) is 29.1 Å². The largest absolute Gasteiger partial charge is 0.496 e. The smallest absolute Gasteiger partial charge is 0.339 e. The van der Waals surface area contributed by atoms with Gasteiger partial charge in [-0.3, -0.25) is 24.3 Å². The van der Waals surface area contributed by atoms with Crippen molar-refractivity contribution in [2.75, 3.05) is 51.0 Å². The minimum Gasteiger partial charge on any atom is -0.496 e. The number of esters is 1. The fraction of sp³-hybridized carbons (Fsp3) is 0.317. The summed E-state index contributed by atoms with van der Waals surface area (Å²) >= 11 is 0. The zero-order chi connectivity index (χ0) is 43.1. The lowest BCUT2D eigenvalue weighted by Gasteiger charge is -2.39. The maximum atomic E-state index is 13.7. The molecular weight excluding hydrogens is 795 g/mol. The third-order valence-corrected chi connectivity index (χ3v) is 10.9. The van der Waals surface area contributed by atoms with Gasteiger partial charge in [0.1, 0.15) is 17.9 Å². The lowest BCUT2D eigenvalue weighted by Crippen LogP contribution is -2.41. The Balaban J connectivity index is 0.955. The van der Waals surface area contributed by atoms with Gasteiger partial charge in [-0.25, -0.2) is 19.6 Å². The Labute approximate surface area is 346 Å². The molecule has 3 aromatic carbocycles. The lowest BCUT2D eigenvalue weighted by molar-refractivity contribution is -0.139. The van der Waals surface area contributed by atoms with Crippen molar-refractivity contribution >= 4 is 52.2 Å². The van der Waals surface area contributed by atoms with E-state index < -0.39 is 47.5 Å². The van der Waals surface area contributed by atoms with Gasteiger partial charge in [0.2, 0.25) is 24.4 Å². The first-order valence-corrected chi connectivity index (χ1v) is 19.2. The lowest BCUT2D eigenvalue weighted by atomic mass is 9.84. The van der Waals surface area contributed by atoms with Gasteiger partial charge in [-0.15, -0.1) is 0 Å². The molecule has 2 amide bonds. The van der Waals surface area contributed by atoms with Crippen LogP contribution in [-0.2, 0) is 27.3 Å². The van der Waals surface area contributed by atoms with Crippen molar-refractivity contribution in [1.29, 1.82) is 0 Å². The number of benzene rings is 3. The van der Waals surface area contributed by atoms with Crippen molar-refractivity contribution in [3.8, 4) is 23.0 Å². The van der Waals surface area contributed by atoms with E-state index in [0.29, 0.717) is 69.4 Å². The number of carboxylic acids is 1. The highest BCUT2D eigenvalue weighted by Crippen LogP contribution is 2.58. The number of carbonyl (C=O) groups is 4. The zero-order valence-electron chi connectivity index (χ0n) is 33.4. The molecule has 0 radical (unpaired) electrons. The number of ether oxygens (including phenoxy) is 5. The van der Waals surface area contributed by atoms with Crippen LogP contribution in [0.3, 0.4) is 0 Å². The summed E-state index contributed by atoms with van der Waals surface area (Å²) < 4.78 is 29.2. The quantitative estimate of drug-likeness (QED) is 0.0931. The monoisotopic (exact) mass is 835 g/mol. The molecule has 3 aliphatic rings. The number of aromatic amines is 1. The van der Waals surface area contributed by atoms with E-state index in [1.54, 1.807) is 25.1 Å². The molecule has 7 N–H and O–H groups in total. The number of anilines is 3. The van der Waals surface area contributed by atoms with Crippen molar-refractivity contribution in [2.24, 2.45) is 0 Å². The Morgan fingerprint density at radius 1 is 1.07 bits per heavy atom. The molecule has 20 nitrogen and oxygen atoms in total. The van der Waals surface area contributed by atoms with Crippen LogP contribution >= 0.6 is 0 Å². The second-order valence-corrected chi connectivity index (χ2v) is 14.6. The molecule has 0 saturated carbocycles. The van der Waals surface area contributed by atoms with E-state index in [1.807, 2.05) is 13.1 Å². The van der Waals surface area contributed by atoms with Gasteiger partial charge in [-0.05, 0) is 62.7 Å². The SMILES string of the molecule is COc1ccc2c(c1C)C(=O)OC2C1c2c(c(NC(=O)CCC(NC(=O)c3ccc(NCc4cnc5nc(N)[nH]c(=O)c5n4)cc3)C(=O)O)c3c(c2OC)OCO3)CCN1C. The van der Waals surface area contributed by atoms with Gasteiger partial charge < -0.3 is 50.5 Å². The van der Waals surface area contributed by atoms with Crippen molar-refractivity contribution in [2.45, 2.75) is 50.9 Å². The molecule has 0 spiro atoms. The summed E-state index contributed by atoms with van der Waals surface area (Å²) in [7, 11) is 4.95. The highest BCUT2D eigenvalue weighted by atomic mass is 16.7. The Morgan fingerprint density at radius 2 is 1.84 bits per heavy atom. The third-order valence-electron chi connectivity index (χ3n) is 10.9. The van der Waals surface area contributed by atoms with Crippen LogP contribution in [-0.4, -0.2) is 94.3 Å². The summed E-state index contributed by atoms with van der Waals surface area (Å²) in [6, 6.07) is 7.92. The van der Waals surface area contributed by atoms with Crippen LogP contribution in [0.1, 0.15) is 73.7 Å². The first-order chi connectivity index (χ1) is 29.4. The molecule has 8 rings (SSSR count). The molecular formula is C41H41N9O11. The summed E-state index contributed by atoms with van der Waals surface area (Å²) in [5, 5.41) is 18.6. The van der Waals surface area contributed by atoms with Crippen LogP contribution in [0.2, 0.25) is 0 Å². The van der Waals surface area contributed by atoms with Crippen molar-refractivity contribution in [3.63, 3.8) is 0 Å². The second-order valence-electron chi connectivity index (χ2n) is 14.6. The summed E-state index contributed by atoms with van der Waals surface area (Å²) in [5.74, 6) is -1.58. The van der Waals surface area contributed by atoms with Crippen molar-refractivity contribution in [1.82, 2.24) is 30.2 Å². The predicted molar refractivity (Wildman–Crippen MR) is 217 cm³/mol. The molecule has 0 saturated heterocycles. The third kappa shape index (κ3) is 7.52. The van der Waals surface area contributed by atoms with Gasteiger partial charge in [0.05, 0.1) is 49.9 Å². The number of cyclic esters (lactones) is 1. The normalized spacial score (nSPS) is 16.9. The number of amides is 2. The van der Waals surface area contributed by atoms with E-state index in [0.717, 1.165) is 0 Å². The van der Waals surface area contributed by atoms with E-state index >= 15 is 0 Å². The molecule has 0 fully saturated rings. The number of fused-ring (bicyclic) bond motifs is 4. The van der Waals surface area contributed by atoms with Crippen molar-refractivity contribution in [3.05, 3.63) is 92.0 Å². The van der Waals surface area contributed by atoms with Crippen LogP contribution in [0.25, 0.3) is 11.2 Å². The average molecular weight is 836 g/mol. The fourth-order valence-corrected chi connectivity index (χ4v) is 7.98. The topological polar surface area (TPSA) is 272 Å². The Hall–Kier alpha value is -7.48. The number of aromatic nitrogens is 4. The van der Waals surface area contributed by atoms with Crippen LogP contribution < -0.4 is 46.2 Å². The second kappa shape index (κ2) is 16.3. The average Bonchev–Trinajstić information content (AvgIpc) is 3.86. The summed E-state index contributed by atoms with van der Waals surface area (Å²) in [4.78, 5) is 81.5. The number of nitrogens with zero attached hydrogens (tertiary/aromatic N) is 4. The highest BCUT2D eigenvalue weighted by molar-refractivity contribution is 5.99. The molecule has 0 aliphatic carbocycles. The van der Waals surface area contributed by atoms with E-state index in [4.69, 9.17) is 29.4 Å². The molecule has 3 aliphatic heterocycles. The van der Waals surface area contributed by atoms with Gasteiger partial charge in [-0.1, -0.05) is 6.07 Å². The number of hydrogen-bond donors (Lipinski definition) is 6. The zero-order valence-corrected chi connectivity index (χ0v) is 33.4. The molecule has 3 unspecified atom stereocenters. The molecule has 0 bridgehead atoms. The molecule has 61 heavy (non-hydrogen) atoms. The molecule has 316 valence electrons. The number of carboxylic acid groups (broad SMARTS) is 1. The van der Waals surface area contributed by atoms with Crippen LogP contribution in [0.15, 0.2) is 47.4 Å². The number of hydrogen-bond acceptors (Lipinski definition) is 16. The van der Waals surface area contributed by atoms with Gasteiger partial charge in [-0.2, -0.15) is 4.98 Å². The molecule has 5 aromatic rings. The Bertz CT molecular complexity index is 2670. The van der Waals surface area contributed by atoms with Gasteiger partial charge in [0, 0.05) is 40.9 Å². The maximum absolute atomic E-state index is 13.7. The van der Waals surface area contributed by atoms with Gasteiger partial charge in [0.15, 0.2) is 22.7 Å². The van der Waals surface area contributed by atoms with Crippen molar-refractivity contribution < 1.29 is 48.0 Å². The van der Waals surface area contributed by atoms with Crippen LogP contribution in [0.4, 0.5) is 17.3 Å². The molecule has 20 heteroatoms. The minimum absolute atomic E-state index is 0.0395. The first-order valence-electron chi connectivity index (χ1n) is 19.2. The first kappa shape index (κ1) is 40.3. The number of carbonyl (C=O) groups excluding carboxylic acids is 3. The van der Waals surface area contributed by atoms with E-state index in [2.05, 4.69) is 40.8 Å². The highest BCUT2D eigenvalue weighted by Gasteiger charge is 2.47. The van der Waals surface area contributed by atoms with Crippen LogP contribution in [0, 0.1) is 6.92 Å². The summed E-state index contributed by atoms with van der Waals surface area (Å²) in [6.45, 7) is 2.37. The predicted octanol–water partition coefficient (Wildman–Crippen LogP) is 3.00. The fourth-order valence-electron chi connectivity index (χ4n) is 7.98. The maximum Gasteiger partial charge on any atom is 0.339 e. The molecule has 5 heterocycles. The molecule has 3 atom stereocenters. The number of aliphatic carboxylic acids is 1. The summed E-state index contributed by atoms with van der Waals surface area (Å²) in [6.07, 6.45) is 0.665. The van der Waals surface area contributed by atoms with E-state index in [1.165, 1.54) is 32.5 Å². The Kier molecular flexibility index (Phi) is 10.8. The van der Waals surface area contributed by atoms with Crippen LogP contribution in [0.5, 0.6) is 23.0 Å². The standard InChI is InChI=1S/C41H41N9O11/c1-18-25(57-3)11-9-23-27(18)40(56)61-32(23)31-28-22(13-14-50(31)2)29(34-35(33(28)58-4)60-17-59-34)47-26(51)12-10-24(39(54)55)46-37(52)19-5-7-20(8-6-19)43-15-21-16-44-36-30(45-21)38(53)49-41(42)48-36/h5-9,11,16,24,31-32,43H,10,12-15,17H2,1-4H3,(H,46,52)(H,47,51)(H,54,55)(H3,42,44,48,49,53). The number of rotatable bonds is 13. The number of methoxy groups -OCH3 is 2. The van der Waals surface area contributed by atoms with E-state index in [-0.39, 0.29) is 60.4 Å². The number of nitrogen functional groups attached to an aromatic ring is 1. The molecule has 2 aromatic heterocycles. The van der Waals surface area contributed by atoms with Gasteiger partial charge in [0.25, 0.3) is 11.5 Å². The number of H-pyrrole nitrogens is 1. The number of nitrogens with two attached hydrogens (primary N) is 1.